The molecule has 6 nitrogen and oxygen atoms in total. The standard InChI is InChI=1S/C14H11N3O3/c18-13(11-7-3-1-4-8-11)14(17(19)20)16-15-12-9-5-2-6-10-12/h1-10,15H/b16-14-. The van der Waals surface area contributed by atoms with Crippen LogP contribution < -0.4 is 5.43 Å². The molecule has 0 saturated heterocycles. The highest BCUT2D eigenvalue weighted by Gasteiger charge is 2.25. The van der Waals surface area contributed by atoms with E-state index >= 15 is 0 Å². The lowest BCUT2D eigenvalue weighted by molar-refractivity contribution is -0.347. The Labute approximate surface area is 114 Å². The number of benzene rings is 2. The van der Waals surface area contributed by atoms with E-state index in [2.05, 4.69) is 10.5 Å². The lowest BCUT2D eigenvalue weighted by atomic mass is 10.1. The summed E-state index contributed by atoms with van der Waals surface area (Å²) < 4.78 is 0. The maximum Gasteiger partial charge on any atom is 0.436 e. The molecule has 0 atom stereocenters. The zero-order chi connectivity index (χ0) is 14.4. The van der Waals surface area contributed by atoms with Crippen LogP contribution in [0.3, 0.4) is 0 Å². The highest BCUT2D eigenvalue weighted by molar-refractivity contribution is 6.42. The van der Waals surface area contributed by atoms with Crippen molar-refractivity contribution < 1.29 is 9.72 Å². The third kappa shape index (κ3) is 3.26. The van der Waals surface area contributed by atoms with Gasteiger partial charge in [-0.1, -0.05) is 48.5 Å². The van der Waals surface area contributed by atoms with E-state index in [0.29, 0.717) is 5.69 Å². The molecule has 0 aromatic heterocycles. The number of carbonyl (C=O) groups is 1. The molecule has 100 valence electrons. The highest BCUT2D eigenvalue weighted by Crippen LogP contribution is 2.06. The third-order valence-corrected chi connectivity index (χ3v) is 2.48. The van der Waals surface area contributed by atoms with Gasteiger partial charge < -0.3 is 10.1 Å². The molecule has 0 amide bonds. The zero-order valence-corrected chi connectivity index (χ0v) is 10.4. The second kappa shape index (κ2) is 6.24. The lowest BCUT2D eigenvalue weighted by Crippen LogP contribution is -2.24. The number of rotatable bonds is 4. The summed E-state index contributed by atoms with van der Waals surface area (Å²) in [4.78, 5) is 22.1. The SMILES string of the molecule is O=C(/C(=N/Nc1ccccc1)[N+](=O)[O-])c1ccccc1. The Morgan fingerprint density at radius 2 is 1.55 bits per heavy atom. The van der Waals surface area contributed by atoms with Crippen molar-refractivity contribution in [1.82, 2.24) is 0 Å². The van der Waals surface area contributed by atoms with Gasteiger partial charge in [0.05, 0.1) is 10.8 Å². The van der Waals surface area contributed by atoms with Crippen LogP contribution in [0, 0.1) is 10.1 Å². The second-order valence-corrected chi connectivity index (χ2v) is 3.87. The number of nitrogens with one attached hydrogen (secondary N) is 1. The van der Waals surface area contributed by atoms with Gasteiger partial charge in [0.15, 0.2) is 0 Å². The van der Waals surface area contributed by atoms with Crippen molar-refractivity contribution in [2.45, 2.75) is 0 Å². The Morgan fingerprint density at radius 3 is 2.10 bits per heavy atom. The van der Waals surface area contributed by atoms with Gasteiger partial charge in [-0.15, -0.1) is 0 Å². The number of nitrogens with zero attached hydrogens (tertiary/aromatic N) is 2. The number of hydrogen-bond donors (Lipinski definition) is 1. The molecule has 2 rings (SSSR count). The molecule has 0 spiro atoms. The van der Waals surface area contributed by atoms with Crippen molar-refractivity contribution in [2.75, 3.05) is 5.43 Å². The number of amidine groups is 1. The first-order valence-electron chi connectivity index (χ1n) is 5.81. The number of ketones is 1. The van der Waals surface area contributed by atoms with E-state index in [9.17, 15) is 14.9 Å². The van der Waals surface area contributed by atoms with Gasteiger partial charge in [0.1, 0.15) is 0 Å². The molecule has 0 aliphatic heterocycles. The van der Waals surface area contributed by atoms with Gasteiger partial charge in [-0.25, -0.2) is 0 Å². The molecule has 0 fully saturated rings. The maximum absolute atomic E-state index is 12.0. The molecule has 6 heteroatoms. The first-order chi connectivity index (χ1) is 9.68. The maximum atomic E-state index is 12.0. The molecular formula is C14H11N3O3. The Bertz CT molecular complexity index is 639. The van der Waals surface area contributed by atoms with Crippen molar-refractivity contribution >= 4 is 17.3 Å². The van der Waals surface area contributed by atoms with E-state index in [0.717, 1.165) is 0 Å². The Kier molecular flexibility index (Phi) is 4.18. The van der Waals surface area contributed by atoms with Crippen LogP contribution in [0.4, 0.5) is 5.69 Å². The number of nitro groups is 1. The summed E-state index contributed by atoms with van der Waals surface area (Å²) in [6.45, 7) is 0. The zero-order valence-electron chi connectivity index (χ0n) is 10.4. The molecule has 0 aliphatic carbocycles. The lowest BCUT2D eigenvalue weighted by Gasteiger charge is -1.99. The molecular weight excluding hydrogens is 258 g/mol. The van der Waals surface area contributed by atoms with Crippen LogP contribution in [0.5, 0.6) is 0 Å². The van der Waals surface area contributed by atoms with Crippen LogP contribution in [-0.4, -0.2) is 16.5 Å². The van der Waals surface area contributed by atoms with Crippen molar-refractivity contribution in [3.05, 3.63) is 76.3 Å². The summed E-state index contributed by atoms with van der Waals surface area (Å²) in [5.41, 5.74) is 3.29. The monoisotopic (exact) mass is 269 g/mol. The minimum absolute atomic E-state index is 0.220. The van der Waals surface area contributed by atoms with E-state index in [-0.39, 0.29) is 5.56 Å². The summed E-state index contributed by atoms with van der Waals surface area (Å²) in [6.07, 6.45) is 0. The van der Waals surface area contributed by atoms with Crippen molar-refractivity contribution in [3.8, 4) is 0 Å². The van der Waals surface area contributed by atoms with Crippen LogP contribution in [0.15, 0.2) is 65.8 Å². The smallest absolute Gasteiger partial charge is 0.358 e. The summed E-state index contributed by atoms with van der Waals surface area (Å²) in [5, 5.41) is 14.5. The van der Waals surface area contributed by atoms with E-state index in [4.69, 9.17) is 0 Å². The van der Waals surface area contributed by atoms with E-state index in [1.807, 2.05) is 0 Å². The first kappa shape index (κ1) is 13.4. The molecule has 0 aliphatic rings. The van der Waals surface area contributed by atoms with Crippen molar-refractivity contribution in [2.24, 2.45) is 5.10 Å². The average Bonchev–Trinajstić information content (AvgIpc) is 2.49. The largest absolute Gasteiger partial charge is 0.436 e. The number of hydrogen-bond acceptors (Lipinski definition) is 5. The van der Waals surface area contributed by atoms with Gasteiger partial charge in [-0.3, -0.25) is 4.79 Å². The van der Waals surface area contributed by atoms with Gasteiger partial charge in [-0.2, -0.15) is 5.43 Å². The predicted octanol–water partition coefficient (Wildman–Crippen LogP) is 2.57. The van der Waals surface area contributed by atoms with Crippen molar-refractivity contribution in [1.29, 1.82) is 0 Å². The van der Waals surface area contributed by atoms with Gasteiger partial charge >= 0.3 is 5.84 Å². The molecule has 0 heterocycles. The second-order valence-electron chi connectivity index (χ2n) is 3.87. The molecule has 20 heavy (non-hydrogen) atoms. The molecule has 2 aromatic rings. The molecule has 1 N–H and O–H groups in total. The molecule has 0 unspecified atom stereocenters. The molecule has 0 bridgehead atoms. The van der Waals surface area contributed by atoms with Crippen LogP contribution in [0.1, 0.15) is 10.4 Å². The molecule has 2 aromatic carbocycles. The van der Waals surface area contributed by atoms with Gasteiger partial charge in [0.25, 0.3) is 5.78 Å². The van der Waals surface area contributed by atoms with Crippen LogP contribution in [-0.2, 0) is 0 Å². The van der Waals surface area contributed by atoms with Crippen LogP contribution >= 0.6 is 0 Å². The third-order valence-electron chi connectivity index (χ3n) is 2.48. The van der Waals surface area contributed by atoms with Crippen LogP contribution in [0.25, 0.3) is 0 Å². The fraction of sp³-hybridized carbons (Fsp3) is 0. The average molecular weight is 269 g/mol. The number of Topliss-reactive ketones (excluding diaryl/α,β-unsaturated/α-hetero) is 1. The first-order valence-corrected chi connectivity index (χ1v) is 5.81. The Hall–Kier alpha value is -3.02. The van der Waals surface area contributed by atoms with Gasteiger partial charge in [0, 0.05) is 5.56 Å². The summed E-state index contributed by atoms with van der Waals surface area (Å²) in [5.74, 6) is -1.49. The molecule has 0 saturated carbocycles. The van der Waals surface area contributed by atoms with E-state index < -0.39 is 16.5 Å². The summed E-state index contributed by atoms with van der Waals surface area (Å²) in [6, 6.07) is 16.7. The fourth-order valence-corrected chi connectivity index (χ4v) is 1.52. The normalized spacial score (nSPS) is 10.9. The summed E-state index contributed by atoms with van der Waals surface area (Å²) >= 11 is 0. The number of carbonyl (C=O) groups excluding carboxylic acids is 1. The molecule has 0 radical (unpaired) electrons. The quantitative estimate of drug-likeness (QED) is 0.304. The minimum Gasteiger partial charge on any atom is -0.358 e. The minimum atomic E-state index is -0.800. The summed E-state index contributed by atoms with van der Waals surface area (Å²) in [7, 11) is 0. The van der Waals surface area contributed by atoms with E-state index in [1.165, 1.54) is 12.1 Å². The highest BCUT2D eigenvalue weighted by atomic mass is 16.6. The van der Waals surface area contributed by atoms with Gasteiger partial charge in [-0.05, 0) is 17.1 Å². The number of hydrazone groups is 1. The van der Waals surface area contributed by atoms with Crippen molar-refractivity contribution in [3.63, 3.8) is 0 Å². The number of para-hydroxylation sites is 1. The number of anilines is 1. The topological polar surface area (TPSA) is 84.6 Å². The van der Waals surface area contributed by atoms with Crippen LogP contribution in [0.2, 0.25) is 0 Å². The Balaban J connectivity index is 2.23. The van der Waals surface area contributed by atoms with Gasteiger partial charge in [0.2, 0.25) is 0 Å². The van der Waals surface area contributed by atoms with E-state index in [1.54, 1.807) is 48.5 Å². The predicted molar refractivity (Wildman–Crippen MR) is 75.3 cm³/mol. The fourth-order valence-electron chi connectivity index (χ4n) is 1.52. The Morgan fingerprint density at radius 1 is 1.00 bits per heavy atom.